The normalized spacial score (nSPS) is 56.2. The lowest BCUT2D eigenvalue weighted by atomic mass is 9.29. The average Bonchev–Trinajstić information content (AvgIpc) is 3.01. The fourth-order valence-corrected chi connectivity index (χ4v) is 12.4. The van der Waals surface area contributed by atoms with E-state index in [0.717, 1.165) is 51.4 Å². The molecule has 4 saturated carbocycles. The van der Waals surface area contributed by atoms with E-state index in [4.69, 9.17) is 9.47 Å². The van der Waals surface area contributed by atoms with Crippen LogP contribution in [0.1, 0.15) is 99.3 Å². The van der Waals surface area contributed by atoms with Gasteiger partial charge in [0.15, 0.2) is 6.29 Å². The van der Waals surface area contributed by atoms with Crippen molar-refractivity contribution in [2.24, 2.45) is 56.7 Å². The molecule has 0 amide bonds. The van der Waals surface area contributed by atoms with E-state index in [1.165, 1.54) is 5.57 Å². The third kappa shape index (κ3) is 4.33. The number of ether oxygens (including phenoxy) is 2. The molecule has 6 rings (SSSR count). The molecule has 45 heavy (non-hydrogen) atoms. The quantitative estimate of drug-likeness (QED) is 0.195. The second-order valence-electron chi connectivity index (χ2n) is 17.0. The smallest absolute Gasteiger partial charge is 0.310 e. The lowest BCUT2D eigenvalue weighted by Crippen LogP contribution is -2.69. The average molecular weight is 635 g/mol. The maximum absolute atomic E-state index is 13.0. The molecule has 0 aromatic heterocycles. The van der Waals surface area contributed by atoms with Gasteiger partial charge in [0.05, 0.1) is 18.1 Å². The van der Waals surface area contributed by atoms with Crippen LogP contribution < -0.4 is 0 Å². The maximum Gasteiger partial charge on any atom is 0.310 e. The number of fused-ring (bicyclic) bond motifs is 7. The Labute approximate surface area is 268 Å². The van der Waals surface area contributed by atoms with Gasteiger partial charge in [0.2, 0.25) is 0 Å². The van der Waals surface area contributed by atoms with Gasteiger partial charge >= 0.3 is 5.97 Å². The monoisotopic (exact) mass is 634 g/mol. The molecule has 9 nitrogen and oxygen atoms in total. The zero-order chi connectivity index (χ0) is 32.9. The Morgan fingerprint density at radius 2 is 1.60 bits per heavy atom. The van der Waals surface area contributed by atoms with Crippen LogP contribution in [0, 0.1) is 56.7 Å². The van der Waals surface area contributed by atoms with Crippen molar-refractivity contribution in [3.05, 3.63) is 11.6 Å². The molecule has 5 fully saturated rings. The van der Waals surface area contributed by atoms with E-state index in [2.05, 4.69) is 47.6 Å². The minimum absolute atomic E-state index is 0.0530. The van der Waals surface area contributed by atoms with Crippen LogP contribution in [0.4, 0.5) is 0 Å². The van der Waals surface area contributed by atoms with Gasteiger partial charge in [0, 0.05) is 12.5 Å². The lowest BCUT2D eigenvalue weighted by Gasteiger charge is -2.75. The van der Waals surface area contributed by atoms with Crippen molar-refractivity contribution in [2.45, 2.75) is 136 Å². The molecule has 1 saturated heterocycles. The SMILES string of the molecule is CC1CCC2(C(=O)O)CCC3(C)C(=CCC4(C)C5(C)CCC(OC6OC(CO)C(O)C(O)C6O)C(CO)C5CCC34C)C2C1C. The van der Waals surface area contributed by atoms with Gasteiger partial charge < -0.3 is 40.1 Å². The first-order valence-electron chi connectivity index (χ1n) is 17.6. The number of rotatable bonds is 5. The number of carboxylic acid groups (broad SMARTS) is 1. The van der Waals surface area contributed by atoms with Crippen LogP contribution in [0.15, 0.2) is 11.6 Å². The van der Waals surface area contributed by atoms with Gasteiger partial charge in [-0.05, 0) is 103 Å². The summed E-state index contributed by atoms with van der Waals surface area (Å²) in [5.74, 6) is 0.182. The lowest BCUT2D eigenvalue weighted by molar-refractivity contribution is -0.327. The molecule has 0 aromatic carbocycles. The van der Waals surface area contributed by atoms with Gasteiger partial charge in [-0.2, -0.15) is 0 Å². The van der Waals surface area contributed by atoms with Crippen LogP contribution in [0.2, 0.25) is 0 Å². The van der Waals surface area contributed by atoms with Gasteiger partial charge in [-0.1, -0.05) is 53.2 Å². The summed E-state index contributed by atoms with van der Waals surface area (Å²) in [5, 5.41) is 62.5. The highest BCUT2D eigenvalue weighted by Crippen LogP contribution is 2.79. The van der Waals surface area contributed by atoms with Crippen LogP contribution in [-0.2, 0) is 14.3 Å². The van der Waals surface area contributed by atoms with Crippen LogP contribution in [0.3, 0.4) is 0 Å². The number of hydrogen-bond acceptors (Lipinski definition) is 8. The van der Waals surface area contributed by atoms with Crippen molar-refractivity contribution in [3.63, 3.8) is 0 Å². The molecule has 16 atom stereocenters. The first kappa shape index (κ1) is 33.8. The molecular weight excluding hydrogens is 576 g/mol. The highest BCUT2D eigenvalue weighted by atomic mass is 16.7. The highest BCUT2D eigenvalue weighted by Gasteiger charge is 2.73. The molecule has 0 radical (unpaired) electrons. The second kappa shape index (κ2) is 11.2. The number of carbonyl (C=O) groups is 1. The van der Waals surface area contributed by atoms with Gasteiger partial charge in [-0.25, -0.2) is 0 Å². The van der Waals surface area contributed by atoms with Crippen LogP contribution in [0.25, 0.3) is 0 Å². The topological polar surface area (TPSA) is 157 Å². The fraction of sp³-hybridized carbons (Fsp3) is 0.917. The third-order valence-electron chi connectivity index (χ3n) is 16.0. The summed E-state index contributed by atoms with van der Waals surface area (Å²) in [6, 6.07) is 0. The van der Waals surface area contributed by atoms with E-state index < -0.39 is 54.8 Å². The molecule has 0 spiro atoms. The molecule has 6 N–H and O–H groups in total. The van der Waals surface area contributed by atoms with Crippen LogP contribution in [-0.4, -0.2) is 86.6 Å². The number of aliphatic hydroxyl groups excluding tert-OH is 5. The van der Waals surface area contributed by atoms with Crippen molar-refractivity contribution in [1.82, 2.24) is 0 Å². The van der Waals surface area contributed by atoms with Crippen LogP contribution in [0.5, 0.6) is 0 Å². The zero-order valence-corrected chi connectivity index (χ0v) is 28.1. The van der Waals surface area contributed by atoms with E-state index in [0.29, 0.717) is 18.3 Å². The predicted octanol–water partition coefficient (Wildman–Crippen LogP) is 3.89. The summed E-state index contributed by atoms with van der Waals surface area (Å²) in [6.07, 6.45) is 2.95. The molecule has 16 unspecified atom stereocenters. The van der Waals surface area contributed by atoms with Crippen molar-refractivity contribution < 1.29 is 44.9 Å². The largest absolute Gasteiger partial charge is 0.481 e. The maximum atomic E-state index is 13.0. The van der Waals surface area contributed by atoms with E-state index in [1.807, 2.05) is 0 Å². The summed E-state index contributed by atoms with van der Waals surface area (Å²) >= 11 is 0. The number of carboxylic acids is 1. The van der Waals surface area contributed by atoms with Crippen molar-refractivity contribution in [3.8, 4) is 0 Å². The van der Waals surface area contributed by atoms with E-state index in [9.17, 15) is 35.4 Å². The minimum atomic E-state index is -1.51. The van der Waals surface area contributed by atoms with Crippen molar-refractivity contribution in [2.75, 3.05) is 13.2 Å². The fourth-order valence-electron chi connectivity index (χ4n) is 12.4. The second-order valence-corrected chi connectivity index (χ2v) is 17.0. The zero-order valence-electron chi connectivity index (χ0n) is 28.1. The Bertz CT molecular complexity index is 1190. The van der Waals surface area contributed by atoms with Crippen LogP contribution >= 0.6 is 0 Å². The Hall–Kier alpha value is -1.07. The Balaban J connectivity index is 1.32. The van der Waals surface area contributed by atoms with Gasteiger partial charge in [-0.15, -0.1) is 0 Å². The van der Waals surface area contributed by atoms with Crippen molar-refractivity contribution >= 4 is 5.97 Å². The number of aliphatic carboxylic acids is 1. The summed E-state index contributed by atoms with van der Waals surface area (Å²) in [6.45, 7) is 13.8. The number of hydrogen-bond donors (Lipinski definition) is 6. The first-order valence-corrected chi connectivity index (χ1v) is 17.6. The summed E-state index contributed by atoms with van der Waals surface area (Å²) in [5.41, 5.74) is 0.308. The summed E-state index contributed by atoms with van der Waals surface area (Å²) < 4.78 is 12.0. The first-order chi connectivity index (χ1) is 21.1. The van der Waals surface area contributed by atoms with Gasteiger partial charge in [0.25, 0.3) is 0 Å². The molecule has 5 aliphatic carbocycles. The molecule has 6 aliphatic rings. The summed E-state index contributed by atoms with van der Waals surface area (Å²) in [7, 11) is 0. The molecule has 9 heteroatoms. The molecule has 256 valence electrons. The minimum Gasteiger partial charge on any atom is -0.481 e. The molecular formula is C36H58O9. The number of aliphatic hydroxyl groups is 5. The summed E-state index contributed by atoms with van der Waals surface area (Å²) in [4.78, 5) is 13.0. The standard InChI is InChI=1S/C36H58O9/c1-19-7-14-36(31(42)43)16-15-33(4)23(26(36)20(19)2)9-13-34(5)32(3)11-10-24(21(17-37)22(32)8-12-35(33,34)6)44-30-29(41)28(40)27(39)25(18-38)45-30/h9,19-22,24-30,37-41H,7-8,10-18H2,1-6H3,(H,42,43). The van der Waals surface area contributed by atoms with Gasteiger partial charge in [-0.3, -0.25) is 4.79 Å². The molecule has 0 bridgehead atoms. The Morgan fingerprint density at radius 1 is 0.889 bits per heavy atom. The molecule has 0 aromatic rings. The Kier molecular flexibility index (Phi) is 8.45. The predicted molar refractivity (Wildman–Crippen MR) is 167 cm³/mol. The van der Waals surface area contributed by atoms with E-state index in [1.54, 1.807) is 0 Å². The molecule has 1 aliphatic heterocycles. The molecule has 1 heterocycles. The van der Waals surface area contributed by atoms with Gasteiger partial charge in [0.1, 0.15) is 24.4 Å². The third-order valence-corrected chi connectivity index (χ3v) is 16.0. The van der Waals surface area contributed by atoms with Crippen molar-refractivity contribution in [1.29, 1.82) is 0 Å². The van der Waals surface area contributed by atoms with E-state index in [-0.39, 0.29) is 46.0 Å². The number of allylic oxidation sites excluding steroid dienone is 2. The highest BCUT2D eigenvalue weighted by molar-refractivity contribution is 5.76. The van der Waals surface area contributed by atoms with E-state index >= 15 is 0 Å². The Morgan fingerprint density at radius 3 is 2.24 bits per heavy atom.